The quantitative estimate of drug-likeness (QED) is 0.647. The molecular weight excluding hydrogens is 264 g/mol. The lowest BCUT2D eigenvalue weighted by atomic mass is 9.64. The second-order valence-electron chi connectivity index (χ2n) is 7.32. The van der Waals surface area contributed by atoms with Gasteiger partial charge in [-0.15, -0.1) is 0 Å². The fourth-order valence-electron chi connectivity index (χ4n) is 4.15. The smallest absolute Gasteiger partial charge is 0.219 e. The van der Waals surface area contributed by atoms with Crippen molar-refractivity contribution in [3.63, 3.8) is 0 Å². The lowest BCUT2D eigenvalue weighted by Crippen LogP contribution is -2.33. The van der Waals surface area contributed by atoms with Gasteiger partial charge < -0.3 is 0 Å². The van der Waals surface area contributed by atoms with Crippen LogP contribution in [-0.2, 0) is 0 Å². The van der Waals surface area contributed by atoms with Gasteiger partial charge in [-0.1, -0.05) is 69.6 Å². The fraction of sp³-hybridized carbons (Fsp3) is 0.611. The number of thioether (sulfide) groups is 1. The predicted octanol–water partition coefficient (Wildman–Crippen LogP) is 5.26. The first-order chi connectivity index (χ1) is 9.48. The third-order valence-corrected chi connectivity index (χ3v) is 6.21. The van der Waals surface area contributed by atoms with Gasteiger partial charge in [-0.05, 0) is 35.7 Å². The Balaban J connectivity index is 2.14. The highest BCUT2D eigenvalue weighted by Gasteiger charge is 2.43. The van der Waals surface area contributed by atoms with Gasteiger partial charge >= 0.3 is 0 Å². The first-order valence-electron chi connectivity index (χ1n) is 7.78. The van der Waals surface area contributed by atoms with Crippen molar-refractivity contribution in [2.75, 3.05) is 0 Å². The summed E-state index contributed by atoms with van der Waals surface area (Å²) in [7, 11) is 0. The van der Waals surface area contributed by atoms with Crippen LogP contribution in [-0.4, -0.2) is 10.4 Å². The van der Waals surface area contributed by atoms with Gasteiger partial charge in [0.15, 0.2) is 0 Å². The van der Waals surface area contributed by atoms with E-state index in [0.717, 1.165) is 5.56 Å². The molecule has 2 aliphatic rings. The number of fused-ring (bicyclic) bond motifs is 2. The summed E-state index contributed by atoms with van der Waals surface area (Å²) in [5.41, 5.74) is 2.47. The molecule has 0 spiro atoms. The average Bonchev–Trinajstić information content (AvgIpc) is 2.52. The molecule has 0 N–H and O–H groups in total. The average molecular weight is 288 g/mol. The van der Waals surface area contributed by atoms with E-state index >= 15 is 0 Å². The van der Waals surface area contributed by atoms with Gasteiger partial charge in [0.25, 0.3) is 0 Å². The largest absolute Gasteiger partial charge is 0.282 e. The van der Waals surface area contributed by atoms with E-state index in [1.54, 1.807) is 11.8 Å². The Kier molecular flexibility index (Phi) is 3.70. The van der Waals surface area contributed by atoms with Gasteiger partial charge in [0, 0.05) is 10.8 Å². The molecule has 0 aromatic heterocycles. The zero-order valence-corrected chi connectivity index (χ0v) is 13.5. The van der Waals surface area contributed by atoms with E-state index in [4.69, 9.17) is 0 Å². The minimum Gasteiger partial charge on any atom is -0.282 e. The van der Waals surface area contributed by atoms with E-state index in [9.17, 15) is 4.79 Å². The highest BCUT2D eigenvalue weighted by Crippen LogP contribution is 2.52. The Hall–Kier alpha value is -0.760. The van der Waals surface area contributed by atoms with E-state index < -0.39 is 0 Å². The molecule has 2 heteroatoms. The first kappa shape index (κ1) is 14.2. The van der Waals surface area contributed by atoms with Crippen molar-refractivity contribution in [1.82, 2.24) is 0 Å². The van der Waals surface area contributed by atoms with Crippen LogP contribution in [0.15, 0.2) is 24.3 Å². The molecule has 1 aromatic carbocycles. The second-order valence-corrected chi connectivity index (χ2v) is 8.54. The van der Waals surface area contributed by atoms with Crippen LogP contribution >= 0.6 is 11.8 Å². The Morgan fingerprint density at radius 1 is 1.10 bits per heavy atom. The van der Waals surface area contributed by atoms with E-state index in [2.05, 4.69) is 32.9 Å². The van der Waals surface area contributed by atoms with Crippen molar-refractivity contribution < 1.29 is 4.79 Å². The maximum absolute atomic E-state index is 12.6. The number of hydrogen-bond acceptors (Lipinski definition) is 2. The third kappa shape index (κ3) is 2.43. The summed E-state index contributed by atoms with van der Waals surface area (Å²) in [5.74, 6) is 1.16. The Bertz CT molecular complexity index is 514. The van der Waals surface area contributed by atoms with Crippen LogP contribution in [0.5, 0.6) is 0 Å². The topological polar surface area (TPSA) is 17.1 Å². The molecule has 1 fully saturated rings. The summed E-state index contributed by atoms with van der Waals surface area (Å²) in [6.07, 6.45) is 5.10. The zero-order valence-electron chi connectivity index (χ0n) is 12.7. The highest BCUT2D eigenvalue weighted by atomic mass is 32.2. The fourth-order valence-corrected chi connectivity index (χ4v) is 5.49. The van der Waals surface area contributed by atoms with Crippen LogP contribution in [0.3, 0.4) is 0 Å². The van der Waals surface area contributed by atoms with Gasteiger partial charge in [0.05, 0.1) is 0 Å². The van der Waals surface area contributed by atoms with Gasteiger partial charge in [-0.2, -0.15) is 0 Å². The second kappa shape index (κ2) is 5.22. The zero-order chi connectivity index (χ0) is 14.3. The van der Waals surface area contributed by atoms with Crippen molar-refractivity contribution in [2.24, 2.45) is 11.3 Å². The highest BCUT2D eigenvalue weighted by molar-refractivity contribution is 8.14. The molecule has 1 aliphatic heterocycles. The molecule has 3 rings (SSSR count). The standard InChI is InChI=1S/C18H24OS/c1-18(2,3)16-12-8-4-5-9-13(12)17(19)20-15-11-7-6-10-14(15)16/h4-5,8-9,14-16H,6-7,10-11H2,1-3H3. The monoisotopic (exact) mass is 288 g/mol. The molecule has 1 saturated carbocycles. The molecular formula is C18H24OS. The molecule has 0 saturated heterocycles. The lowest BCUT2D eigenvalue weighted by molar-refractivity contribution is 0.108. The van der Waals surface area contributed by atoms with E-state index in [1.807, 2.05) is 12.1 Å². The van der Waals surface area contributed by atoms with E-state index in [-0.39, 0.29) is 5.41 Å². The van der Waals surface area contributed by atoms with Gasteiger partial charge in [-0.3, -0.25) is 4.79 Å². The van der Waals surface area contributed by atoms with Crippen LogP contribution in [0.1, 0.15) is 68.3 Å². The summed E-state index contributed by atoms with van der Waals surface area (Å²) in [5, 5.41) is 0.817. The molecule has 3 atom stereocenters. The number of rotatable bonds is 0. The normalized spacial score (nSPS) is 30.4. The third-order valence-electron chi connectivity index (χ3n) is 4.89. The minimum absolute atomic E-state index is 0.210. The summed E-state index contributed by atoms with van der Waals surface area (Å²) in [6, 6.07) is 8.33. The molecule has 1 heterocycles. The van der Waals surface area contributed by atoms with E-state index in [0.29, 0.717) is 22.2 Å². The minimum atomic E-state index is 0.210. The number of hydrogen-bond donors (Lipinski definition) is 0. The molecule has 3 unspecified atom stereocenters. The first-order valence-corrected chi connectivity index (χ1v) is 8.66. The predicted molar refractivity (Wildman–Crippen MR) is 86.3 cm³/mol. The van der Waals surface area contributed by atoms with Gasteiger partial charge in [0.2, 0.25) is 5.12 Å². The molecule has 0 bridgehead atoms. The SMILES string of the molecule is CC(C)(C)C1c2ccccc2C(=O)SC2CCCCC21. The molecule has 20 heavy (non-hydrogen) atoms. The molecule has 0 amide bonds. The van der Waals surface area contributed by atoms with Crippen LogP contribution in [0.4, 0.5) is 0 Å². The number of carbonyl (C=O) groups is 1. The Morgan fingerprint density at radius 2 is 1.80 bits per heavy atom. The molecule has 1 nitrogen and oxygen atoms in total. The van der Waals surface area contributed by atoms with Crippen molar-refractivity contribution in [3.8, 4) is 0 Å². The summed E-state index contributed by atoms with van der Waals surface area (Å²) in [4.78, 5) is 12.6. The van der Waals surface area contributed by atoms with Crippen LogP contribution in [0, 0.1) is 11.3 Å². The number of benzene rings is 1. The van der Waals surface area contributed by atoms with Crippen LogP contribution < -0.4 is 0 Å². The molecule has 0 radical (unpaired) electrons. The van der Waals surface area contributed by atoms with Crippen molar-refractivity contribution in [1.29, 1.82) is 0 Å². The van der Waals surface area contributed by atoms with Gasteiger partial charge in [-0.25, -0.2) is 0 Å². The van der Waals surface area contributed by atoms with Gasteiger partial charge in [0.1, 0.15) is 0 Å². The maximum Gasteiger partial charge on any atom is 0.219 e. The van der Waals surface area contributed by atoms with Crippen LogP contribution in [0.25, 0.3) is 0 Å². The summed E-state index contributed by atoms with van der Waals surface area (Å²) < 4.78 is 0. The lowest BCUT2D eigenvalue weighted by Gasteiger charge is -2.42. The Labute approximate surface area is 126 Å². The number of carbonyl (C=O) groups excluding carboxylic acids is 1. The van der Waals surface area contributed by atoms with Crippen molar-refractivity contribution in [2.45, 2.75) is 57.6 Å². The molecule has 108 valence electrons. The molecule has 1 aliphatic carbocycles. The van der Waals surface area contributed by atoms with Crippen molar-refractivity contribution >= 4 is 16.9 Å². The van der Waals surface area contributed by atoms with Crippen molar-refractivity contribution in [3.05, 3.63) is 35.4 Å². The summed E-state index contributed by atoms with van der Waals surface area (Å²) >= 11 is 1.61. The Morgan fingerprint density at radius 3 is 2.55 bits per heavy atom. The van der Waals surface area contributed by atoms with E-state index in [1.165, 1.54) is 31.2 Å². The maximum atomic E-state index is 12.6. The molecule has 1 aromatic rings. The van der Waals surface area contributed by atoms with Crippen LogP contribution in [0.2, 0.25) is 0 Å². The summed E-state index contributed by atoms with van der Waals surface area (Å²) in [6.45, 7) is 7.00.